The van der Waals surface area contributed by atoms with Crippen LogP contribution in [0.3, 0.4) is 0 Å². The minimum absolute atomic E-state index is 0.157. The number of amides is 1. The predicted octanol–water partition coefficient (Wildman–Crippen LogP) is 2.97. The van der Waals surface area contributed by atoms with E-state index in [1.165, 1.54) is 12.1 Å². The molecule has 2 aromatic heterocycles. The van der Waals surface area contributed by atoms with Crippen LogP contribution in [0.5, 0.6) is 5.88 Å². The highest BCUT2D eigenvalue weighted by Crippen LogP contribution is 2.22. The minimum atomic E-state index is -0.326. The summed E-state index contributed by atoms with van der Waals surface area (Å²) in [4.78, 5) is 18.5. The van der Waals surface area contributed by atoms with Gasteiger partial charge in [-0.15, -0.1) is 0 Å². The van der Waals surface area contributed by atoms with E-state index in [0.29, 0.717) is 36.0 Å². The number of aryl methyl sites for hydroxylation is 1. The molecule has 3 aromatic rings. The van der Waals surface area contributed by atoms with Gasteiger partial charge in [0.2, 0.25) is 5.88 Å². The van der Waals surface area contributed by atoms with Crippen LogP contribution in [0.2, 0.25) is 0 Å². The number of hydrogen-bond acceptors (Lipinski definition) is 4. The number of carbonyl (C=O) groups is 1. The third kappa shape index (κ3) is 3.15. The van der Waals surface area contributed by atoms with E-state index in [2.05, 4.69) is 10.1 Å². The summed E-state index contributed by atoms with van der Waals surface area (Å²) >= 11 is 0. The Bertz CT molecular complexity index is 952. The number of rotatable bonds is 4. The van der Waals surface area contributed by atoms with E-state index in [4.69, 9.17) is 4.74 Å². The summed E-state index contributed by atoms with van der Waals surface area (Å²) in [7, 11) is 0. The summed E-state index contributed by atoms with van der Waals surface area (Å²) in [6.45, 7) is 3.26. The van der Waals surface area contributed by atoms with E-state index >= 15 is 0 Å². The Labute approximate surface area is 149 Å². The largest absolute Gasteiger partial charge is 0.471 e. The van der Waals surface area contributed by atoms with E-state index in [1.807, 2.05) is 19.1 Å². The average molecular weight is 352 g/mol. The Hall–Kier alpha value is -3.22. The molecule has 0 spiro atoms. The first-order valence-corrected chi connectivity index (χ1v) is 8.30. The van der Waals surface area contributed by atoms with E-state index in [0.717, 1.165) is 5.56 Å². The summed E-state index contributed by atoms with van der Waals surface area (Å²) in [5.74, 6) is 0.0398. The normalized spacial score (nSPS) is 13.6. The van der Waals surface area contributed by atoms with Gasteiger partial charge in [-0.3, -0.25) is 9.48 Å². The summed E-state index contributed by atoms with van der Waals surface area (Å²) in [6.07, 6.45) is 1.69. The molecule has 26 heavy (non-hydrogen) atoms. The highest BCUT2D eigenvalue weighted by atomic mass is 19.1. The van der Waals surface area contributed by atoms with Gasteiger partial charge in [-0.25, -0.2) is 9.37 Å². The zero-order valence-corrected chi connectivity index (χ0v) is 14.2. The molecule has 0 N–H and O–H groups in total. The maximum absolute atomic E-state index is 13.1. The number of ether oxygens (including phenoxy) is 1. The number of anilines is 1. The van der Waals surface area contributed by atoms with Crippen molar-refractivity contribution >= 4 is 11.6 Å². The molecule has 1 aromatic carbocycles. The summed E-state index contributed by atoms with van der Waals surface area (Å²) in [5.41, 5.74) is 2.89. The fourth-order valence-corrected chi connectivity index (χ4v) is 2.92. The van der Waals surface area contributed by atoms with Crippen LogP contribution in [0.4, 0.5) is 10.1 Å². The van der Waals surface area contributed by atoms with Gasteiger partial charge in [0.1, 0.15) is 23.8 Å². The van der Waals surface area contributed by atoms with Crippen LogP contribution < -0.4 is 9.64 Å². The molecule has 132 valence electrons. The molecule has 0 aliphatic carbocycles. The number of hydrogen-bond donors (Lipinski definition) is 0. The second-order valence-corrected chi connectivity index (χ2v) is 6.14. The molecule has 7 heteroatoms. The van der Waals surface area contributed by atoms with Crippen LogP contribution in [-0.4, -0.2) is 27.2 Å². The fourth-order valence-electron chi connectivity index (χ4n) is 2.92. The maximum atomic E-state index is 13.1. The monoisotopic (exact) mass is 352 g/mol. The third-order valence-electron chi connectivity index (χ3n) is 4.23. The first kappa shape index (κ1) is 16.3. The van der Waals surface area contributed by atoms with Crippen LogP contribution in [-0.2, 0) is 13.2 Å². The van der Waals surface area contributed by atoms with Crippen LogP contribution >= 0.6 is 0 Å². The van der Waals surface area contributed by atoms with E-state index in [-0.39, 0.29) is 18.3 Å². The number of nitrogens with zero attached hydrogens (tertiary/aromatic N) is 4. The number of aromatic nitrogens is 3. The Balaban J connectivity index is 1.51. The van der Waals surface area contributed by atoms with Gasteiger partial charge >= 0.3 is 0 Å². The topological polar surface area (TPSA) is 60.2 Å². The van der Waals surface area contributed by atoms with Gasteiger partial charge in [0.15, 0.2) is 0 Å². The zero-order chi connectivity index (χ0) is 18.1. The van der Waals surface area contributed by atoms with Gasteiger partial charge in [-0.1, -0.05) is 0 Å². The summed E-state index contributed by atoms with van der Waals surface area (Å²) in [6, 6.07) is 11.4. The summed E-state index contributed by atoms with van der Waals surface area (Å²) in [5, 5.41) is 4.44. The minimum Gasteiger partial charge on any atom is -0.471 e. The predicted molar refractivity (Wildman–Crippen MR) is 93.6 cm³/mol. The van der Waals surface area contributed by atoms with Crippen molar-refractivity contribution in [2.75, 3.05) is 11.4 Å². The average Bonchev–Trinajstić information content (AvgIpc) is 3.06. The van der Waals surface area contributed by atoms with E-state index < -0.39 is 0 Å². The Morgan fingerprint density at radius 2 is 1.96 bits per heavy atom. The second kappa shape index (κ2) is 6.59. The highest BCUT2D eigenvalue weighted by molar-refractivity contribution is 6.05. The number of fused-ring (bicyclic) bond motifs is 1. The van der Waals surface area contributed by atoms with Gasteiger partial charge in [0.05, 0.1) is 6.54 Å². The van der Waals surface area contributed by atoms with Crippen molar-refractivity contribution in [1.29, 1.82) is 0 Å². The number of halogens is 1. The molecule has 1 aliphatic heterocycles. The van der Waals surface area contributed by atoms with Crippen molar-refractivity contribution in [3.8, 4) is 5.88 Å². The highest BCUT2D eigenvalue weighted by Gasteiger charge is 2.27. The molecule has 1 amide bonds. The molecular formula is C19H17FN4O2. The van der Waals surface area contributed by atoms with Gasteiger partial charge in [0.25, 0.3) is 5.91 Å². The van der Waals surface area contributed by atoms with Crippen LogP contribution in [0.15, 0.2) is 48.7 Å². The number of carbonyl (C=O) groups excluding carboxylic acids is 1. The van der Waals surface area contributed by atoms with Gasteiger partial charge in [-0.05, 0) is 48.9 Å². The molecule has 0 atom stereocenters. The van der Waals surface area contributed by atoms with Crippen molar-refractivity contribution in [1.82, 2.24) is 14.8 Å². The van der Waals surface area contributed by atoms with E-state index in [1.54, 1.807) is 34.0 Å². The Morgan fingerprint density at radius 3 is 2.73 bits per heavy atom. The standard InChI is InChI=1S/C19H17FN4O2/c1-13-6-7-21-18(10-13)26-12-15-11-17-19(25)23(8-9-24(17)22-15)16-4-2-14(20)3-5-16/h2-7,10-11H,8-9,12H2,1H3. The molecule has 0 saturated carbocycles. The van der Waals surface area contributed by atoms with Gasteiger partial charge in [0, 0.05) is 24.5 Å². The molecule has 0 saturated heterocycles. The van der Waals surface area contributed by atoms with Gasteiger partial charge < -0.3 is 9.64 Å². The molecule has 6 nitrogen and oxygen atoms in total. The van der Waals surface area contributed by atoms with Crippen LogP contribution in [0.1, 0.15) is 21.7 Å². The fraction of sp³-hybridized carbons (Fsp3) is 0.211. The van der Waals surface area contributed by atoms with Crippen LogP contribution in [0, 0.1) is 12.7 Å². The lowest BCUT2D eigenvalue weighted by molar-refractivity contribution is 0.0962. The lowest BCUT2D eigenvalue weighted by Crippen LogP contribution is -2.40. The third-order valence-corrected chi connectivity index (χ3v) is 4.23. The molecular weight excluding hydrogens is 335 g/mol. The lowest BCUT2D eigenvalue weighted by atomic mass is 10.2. The van der Waals surface area contributed by atoms with Crippen molar-refractivity contribution in [3.63, 3.8) is 0 Å². The lowest BCUT2D eigenvalue weighted by Gasteiger charge is -2.27. The first-order valence-electron chi connectivity index (χ1n) is 8.30. The Morgan fingerprint density at radius 1 is 1.15 bits per heavy atom. The smallest absolute Gasteiger partial charge is 0.276 e. The molecule has 3 heterocycles. The zero-order valence-electron chi connectivity index (χ0n) is 14.2. The molecule has 1 aliphatic rings. The van der Waals surface area contributed by atoms with E-state index in [9.17, 15) is 9.18 Å². The van der Waals surface area contributed by atoms with Gasteiger partial charge in [-0.2, -0.15) is 5.10 Å². The number of benzene rings is 1. The van der Waals surface area contributed by atoms with Crippen molar-refractivity contribution < 1.29 is 13.9 Å². The molecule has 0 fully saturated rings. The van der Waals surface area contributed by atoms with Crippen molar-refractivity contribution in [3.05, 3.63) is 71.4 Å². The molecule has 4 rings (SSSR count). The SMILES string of the molecule is Cc1ccnc(OCc2cc3n(n2)CCN(c2ccc(F)cc2)C3=O)c1. The molecule has 0 radical (unpaired) electrons. The van der Waals surface area contributed by atoms with Crippen LogP contribution in [0.25, 0.3) is 0 Å². The second-order valence-electron chi connectivity index (χ2n) is 6.14. The number of pyridine rings is 1. The maximum Gasteiger partial charge on any atom is 0.276 e. The molecule has 0 unspecified atom stereocenters. The first-order chi connectivity index (χ1) is 12.6. The van der Waals surface area contributed by atoms with Crippen molar-refractivity contribution in [2.24, 2.45) is 0 Å². The Kier molecular flexibility index (Phi) is 4.12. The molecule has 0 bridgehead atoms. The summed E-state index contributed by atoms with van der Waals surface area (Å²) < 4.78 is 20.4. The quantitative estimate of drug-likeness (QED) is 0.724. The van der Waals surface area contributed by atoms with Crippen molar-refractivity contribution in [2.45, 2.75) is 20.1 Å².